The van der Waals surface area contributed by atoms with E-state index in [-0.39, 0.29) is 5.97 Å². The van der Waals surface area contributed by atoms with Crippen LogP contribution in [-0.4, -0.2) is 13.1 Å². The molecule has 2 nitrogen and oxygen atoms in total. The summed E-state index contributed by atoms with van der Waals surface area (Å²) in [5.74, 6) is 3.55. The molecule has 0 aromatic heterocycles. The molecule has 1 aromatic rings. The van der Waals surface area contributed by atoms with Crippen molar-refractivity contribution in [2.45, 2.75) is 64.7 Å². The Kier molecular flexibility index (Phi) is 5.97. The second kappa shape index (κ2) is 8.18. The Hall–Kier alpha value is -1.31. The van der Waals surface area contributed by atoms with Gasteiger partial charge in [-0.2, -0.15) is 0 Å². The van der Waals surface area contributed by atoms with Crippen molar-refractivity contribution in [3.63, 3.8) is 0 Å². The zero-order chi connectivity index (χ0) is 16.9. The van der Waals surface area contributed by atoms with Gasteiger partial charge in [0.25, 0.3) is 0 Å². The number of ether oxygens (including phenoxy) is 1. The molecule has 0 aliphatic heterocycles. The molecule has 0 atom stereocenters. The molecule has 0 spiro atoms. The van der Waals surface area contributed by atoms with E-state index in [9.17, 15) is 4.79 Å². The average molecular weight is 328 g/mol. The molecule has 2 aliphatic carbocycles. The van der Waals surface area contributed by atoms with Crippen molar-refractivity contribution in [3.05, 3.63) is 35.4 Å². The normalized spacial score (nSPS) is 30.8. The van der Waals surface area contributed by atoms with Gasteiger partial charge in [0, 0.05) is 0 Å². The number of rotatable bonds is 4. The molecule has 2 saturated carbocycles. The molecule has 2 fully saturated rings. The summed E-state index contributed by atoms with van der Waals surface area (Å²) in [4.78, 5) is 11.5. The van der Waals surface area contributed by atoms with Gasteiger partial charge in [0.05, 0.1) is 12.7 Å². The predicted molar refractivity (Wildman–Crippen MR) is 98.1 cm³/mol. The molecule has 2 heteroatoms. The highest BCUT2D eigenvalue weighted by atomic mass is 16.5. The maximum atomic E-state index is 11.5. The summed E-state index contributed by atoms with van der Waals surface area (Å²) in [7, 11) is 1.43. The predicted octanol–water partition coefficient (Wildman–Crippen LogP) is 5.65. The summed E-state index contributed by atoms with van der Waals surface area (Å²) in [5.41, 5.74) is 2.01. The molecule has 3 rings (SSSR count). The number of hydrogen-bond acceptors (Lipinski definition) is 2. The number of methoxy groups -OCH3 is 1. The molecule has 0 radical (unpaired) electrons. The molecule has 132 valence electrons. The van der Waals surface area contributed by atoms with Crippen LogP contribution >= 0.6 is 0 Å². The fourth-order valence-electron chi connectivity index (χ4n) is 4.85. The fourth-order valence-corrected chi connectivity index (χ4v) is 4.85. The van der Waals surface area contributed by atoms with Crippen molar-refractivity contribution >= 4 is 5.97 Å². The van der Waals surface area contributed by atoms with Crippen LogP contribution in [0.5, 0.6) is 0 Å². The van der Waals surface area contributed by atoms with Crippen LogP contribution in [0.2, 0.25) is 0 Å². The number of benzene rings is 1. The van der Waals surface area contributed by atoms with Crippen molar-refractivity contribution in [3.8, 4) is 0 Å². The van der Waals surface area contributed by atoms with Crippen LogP contribution in [0.25, 0.3) is 0 Å². The first-order chi connectivity index (χ1) is 11.7. The van der Waals surface area contributed by atoms with Gasteiger partial charge in [0.2, 0.25) is 0 Å². The van der Waals surface area contributed by atoms with Gasteiger partial charge in [-0.05, 0) is 86.3 Å². The molecule has 0 unspecified atom stereocenters. The summed E-state index contributed by atoms with van der Waals surface area (Å²) in [6, 6.07) is 7.99. The third kappa shape index (κ3) is 4.40. The van der Waals surface area contributed by atoms with E-state index < -0.39 is 0 Å². The third-order valence-corrected chi connectivity index (χ3v) is 6.52. The lowest BCUT2D eigenvalue weighted by Crippen LogP contribution is -2.25. The first-order valence-electron chi connectivity index (χ1n) is 9.83. The summed E-state index contributed by atoms with van der Waals surface area (Å²) >= 11 is 0. The van der Waals surface area contributed by atoms with E-state index in [1.54, 1.807) is 0 Å². The lowest BCUT2D eigenvalue weighted by atomic mass is 9.69. The lowest BCUT2D eigenvalue weighted by Gasteiger charge is -2.37. The highest BCUT2D eigenvalue weighted by Crippen LogP contribution is 2.41. The topological polar surface area (TPSA) is 26.3 Å². The van der Waals surface area contributed by atoms with E-state index >= 15 is 0 Å². The highest BCUT2D eigenvalue weighted by Gasteiger charge is 2.29. The first-order valence-corrected chi connectivity index (χ1v) is 9.83. The molecule has 2 aliphatic rings. The second-order valence-corrected chi connectivity index (χ2v) is 8.19. The standard InChI is InChI=1S/C22H32O2/c1-16-3-9-19(10-4-16)20-11-5-17(6-12-20)15-18-7-13-21(14-8-18)22(23)24-2/h7-8,13-14,16-17,19-20H,3-6,9-12,15H2,1-2H3. The quantitative estimate of drug-likeness (QED) is 0.668. The van der Waals surface area contributed by atoms with Gasteiger partial charge < -0.3 is 4.74 Å². The molecular weight excluding hydrogens is 296 g/mol. The number of carbonyl (C=O) groups is 1. The minimum absolute atomic E-state index is 0.246. The zero-order valence-corrected chi connectivity index (χ0v) is 15.3. The van der Waals surface area contributed by atoms with Gasteiger partial charge in [-0.15, -0.1) is 0 Å². The Morgan fingerprint density at radius 2 is 1.46 bits per heavy atom. The average Bonchev–Trinajstić information content (AvgIpc) is 2.63. The second-order valence-electron chi connectivity index (χ2n) is 8.19. The molecule has 0 amide bonds. The Balaban J connectivity index is 1.46. The monoisotopic (exact) mass is 328 g/mol. The van der Waals surface area contributed by atoms with E-state index in [4.69, 9.17) is 4.74 Å². The van der Waals surface area contributed by atoms with E-state index in [1.165, 1.54) is 64.0 Å². The van der Waals surface area contributed by atoms with Gasteiger partial charge in [0.15, 0.2) is 0 Å². The van der Waals surface area contributed by atoms with Gasteiger partial charge in [-0.3, -0.25) is 0 Å². The van der Waals surface area contributed by atoms with Gasteiger partial charge >= 0.3 is 5.97 Å². The van der Waals surface area contributed by atoms with Crippen LogP contribution in [0.4, 0.5) is 0 Å². The van der Waals surface area contributed by atoms with E-state index in [0.717, 1.165) is 30.1 Å². The number of hydrogen-bond donors (Lipinski definition) is 0. The van der Waals surface area contributed by atoms with Crippen molar-refractivity contribution in [2.75, 3.05) is 7.11 Å². The number of esters is 1. The SMILES string of the molecule is COC(=O)c1ccc(CC2CCC(C3CCC(C)CC3)CC2)cc1. The van der Waals surface area contributed by atoms with Crippen LogP contribution in [0.3, 0.4) is 0 Å². The van der Waals surface area contributed by atoms with Crippen LogP contribution in [0.15, 0.2) is 24.3 Å². The maximum Gasteiger partial charge on any atom is 0.337 e. The minimum atomic E-state index is -0.246. The Morgan fingerprint density at radius 3 is 2.00 bits per heavy atom. The zero-order valence-electron chi connectivity index (χ0n) is 15.3. The van der Waals surface area contributed by atoms with Gasteiger partial charge in [0.1, 0.15) is 0 Å². The Morgan fingerprint density at radius 1 is 0.917 bits per heavy atom. The van der Waals surface area contributed by atoms with Crippen LogP contribution in [0, 0.1) is 23.7 Å². The van der Waals surface area contributed by atoms with E-state index in [1.807, 2.05) is 12.1 Å². The number of carbonyl (C=O) groups excluding carboxylic acids is 1. The molecule has 1 aromatic carbocycles. The van der Waals surface area contributed by atoms with E-state index in [0.29, 0.717) is 5.56 Å². The fraction of sp³-hybridized carbons (Fsp3) is 0.682. The molecule has 0 N–H and O–H groups in total. The largest absolute Gasteiger partial charge is 0.465 e. The lowest BCUT2D eigenvalue weighted by molar-refractivity contribution is 0.0600. The minimum Gasteiger partial charge on any atom is -0.465 e. The van der Waals surface area contributed by atoms with Crippen LogP contribution < -0.4 is 0 Å². The Labute approximate surface area is 147 Å². The Bertz CT molecular complexity index is 517. The molecule has 0 bridgehead atoms. The van der Waals surface area contributed by atoms with Crippen molar-refractivity contribution in [1.82, 2.24) is 0 Å². The van der Waals surface area contributed by atoms with E-state index in [2.05, 4.69) is 19.1 Å². The molecule has 0 saturated heterocycles. The summed E-state index contributed by atoms with van der Waals surface area (Å²) in [6.45, 7) is 2.42. The van der Waals surface area contributed by atoms with Crippen LogP contribution in [-0.2, 0) is 11.2 Å². The smallest absolute Gasteiger partial charge is 0.337 e. The van der Waals surface area contributed by atoms with Gasteiger partial charge in [-0.1, -0.05) is 31.9 Å². The van der Waals surface area contributed by atoms with Crippen LogP contribution in [0.1, 0.15) is 74.2 Å². The molecule has 24 heavy (non-hydrogen) atoms. The first kappa shape index (κ1) is 17.5. The third-order valence-electron chi connectivity index (χ3n) is 6.52. The summed E-state index contributed by atoms with van der Waals surface area (Å²) in [6.07, 6.45) is 12.7. The highest BCUT2D eigenvalue weighted by molar-refractivity contribution is 5.89. The van der Waals surface area contributed by atoms with Crippen molar-refractivity contribution in [1.29, 1.82) is 0 Å². The molecule has 0 heterocycles. The summed E-state index contributed by atoms with van der Waals surface area (Å²) < 4.78 is 4.76. The van der Waals surface area contributed by atoms with Gasteiger partial charge in [-0.25, -0.2) is 4.79 Å². The van der Waals surface area contributed by atoms with Crippen molar-refractivity contribution in [2.24, 2.45) is 23.7 Å². The van der Waals surface area contributed by atoms with Crippen molar-refractivity contribution < 1.29 is 9.53 Å². The molecular formula is C22H32O2. The summed E-state index contributed by atoms with van der Waals surface area (Å²) in [5, 5.41) is 0. The maximum absolute atomic E-state index is 11.5.